The molecule has 1 N–H and O–H groups in total. The summed E-state index contributed by atoms with van der Waals surface area (Å²) in [5.41, 5.74) is 0. The molecule has 0 radical (unpaired) electrons. The minimum Gasteiger partial charge on any atom is -0.379 e. The van der Waals surface area contributed by atoms with Crippen LogP contribution in [0.1, 0.15) is 20.3 Å². The molecule has 0 saturated carbocycles. The van der Waals surface area contributed by atoms with Crippen molar-refractivity contribution in [2.24, 2.45) is 10.9 Å². The Morgan fingerprint density at radius 2 is 2.22 bits per heavy atom. The Balaban J connectivity index is 1.64. The Hall–Kier alpha value is -0.260. The molecule has 0 aromatic carbocycles. The van der Waals surface area contributed by atoms with Gasteiger partial charge in [-0.25, -0.2) is 0 Å². The summed E-state index contributed by atoms with van der Waals surface area (Å²) in [5.74, 6) is 1.94. The van der Waals surface area contributed by atoms with Gasteiger partial charge in [-0.1, -0.05) is 25.6 Å². The van der Waals surface area contributed by atoms with Crippen LogP contribution >= 0.6 is 11.8 Å². The maximum Gasteiger partial charge on any atom is 0.156 e. The summed E-state index contributed by atoms with van der Waals surface area (Å²) in [6.07, 6.45) is 1.25. The Morgan fingerprint density at radius 1 is 1.44 bits per heavy atom. The summed E-state index contributed by atoms with van der Waals surface area (Å²) < 4.78 is 5.34. The van der Waals surface area contributed by atoms with Crippen LogP contribution in [0.25, 0.3) is 0 Å². The predicted octanol–water partition coefficient (Wildman–Crippen LogP) is 1.43. The van der Waals surface area contributed by atoms with E-state index in [1.165, 1.54) is 12.2 Å². The van der Waals surface area contributed by atoms with Gasteiger partial charge in [0.15, 0.2) is 5.17 Å². The molecular weight excluding hydrogens is 246 g/mol. The van der Waals surface area contributed by atoms with Crippen LogP contribution in [0.4, 0.5) is 0 Å². The largest absolute Gasteiger partial charge is 0.379 e. The number of amidine groups is 1. The summed E-state index contributed by atoms with van der Waals surface area (Å²) in [5, 5.41) is 4.68. The molecule has 2 saturated heterocycles. The number of nitrogens with one attached hydrogen (secondary N) is 1. The summed E-state index contributed by atoms with van der Waals surface area (Å²) in [6, 6.07) is 0.622. The van der Waals surface area contributed by atoms with Crippen molar-refractivity contribution in [3.8, 4) is 0 Å². The molecule has 5 heteroatoms. The molecule has 4 nitrogen and oxygen atoms in total. The highest BCUT2D eigenvalue weighted by atomic mass is 32.2. The Kier molecular flexibility index (Phi) is 5.79. The van der Waals surface area contributed by atoms with E-state index in [1.54, 1.807) is 0 Å². The molecule has 104 valence electrons. The van der Waals surface area contributed by atoms with Crippen LogP contribution in [-0.4, -0.2) is 61.3 Å². The highest BCUT2D eigenvalue weighted by Gasteiger charge is 2.20. The lowest BCUT2D eigenvalue weighted by Crippen LogP contribution is -2.38. The van der Waals surface area contributed by atoms with Crippen molar-refractivity contribution in [1.29, 1.82) is 0 Å². The summed E-state index contributed by atoms with van der Waals surface area (Å²) in [7, 11) is 0. The molecule has 0 amide bonds. The molecule has 2 rings (SSSR count). The summed E-state index contributed by atoms with van der Waals surface area (Å²) >= 11 is 1.87. The fourth-order valence-corrected chi connectivity index (χ4v) is 3.35. The smallest absolute Gasteiger partial charge is 0.156 e. The van der Waals surface area contributed by atoms with Crippen LogP contribution < -0.4 is 5.32 Å². The van der Waals surface area contributed by atoms with E-state index in [1.807, 2.05) is 11.8 Å². The van der Waals surface area contributed by atoms with Crippen LogP contribution in [0, 0.1) is 5.92 Å². The molecule has 0 bridgehead atoms. The Morgan fingerprint density at radius 3 is 2.94 bits per heavy atom. The van der Waals surface area contributed by atoms with Gasteiger partial charge in [0.05, 0.1) is 19.8 Å². The first-order valence-electron chi connectivity index (χ1n) is 6.98. The molecule has 1 unspecified atom stereocenters. The van der Waals surface area contributed by atoms with Crippen LogP contribution in [0.5, 0.6) is 0 Å². The van der Waals surface area contributed by atoms with Crippen LogP contribution in [0.2, 0.25) is 0 Å². The number of hydrogen-bond donors (Lipinski definition) is 1. The fraction of sp³-hybridized carbons (Fsp3) is 0.923. The number of aliphatic imine (C=N–C) groups is 1. The van der Waals surface area contributed by atoms with Crippen molar-refractivity contribution in [3.63, 3.8) is 0 Å². The lowest BCUT2D eigenvalue weighted by Gasteiger charge is -2.25. The second kappa shape index (κ2) is 7.36. The minimum absolute atomic E-state index is 0.622. The third-order valence-electron chi connectivity index (χ3n) is 3.28. The van der Waals surface area contributed by atoms with Crippen molar-refractivity contribution in [3.05, 3.63) is 0 Å². The van der Waals surface area contributed by atoms with Gasteiger partial charge in [0.2, 0.25) is 0 Å². The van der Waals surface area contributed by atoms with Crippen LogP contribution in [0.15, 0.2) is 4.99 Å². The first kappa shape index (κ1) is 14.2. The monoisotopic (exact) mass is 271 g/mol. The van der Waals surface area contributed by atoms with Gasteiger partial charge in [0.25, 0.3) is 0 Å². The molecular formula is C13H25N3OS. The predicted molar refractivity (Wildman–Crippen MR) is 78.4 cm³/mol. The van der Waals surface area contributed by atoms with Gasteiger partial charge in [-0.2, -0.15) is 0 Å². The lowest BCUT2D eigenvalue weighted by atomic mass is 10.1. The topological polar surface area (TPSA) is 36.9 Å². The first-order chi connectivity index (χ1) is 8.74. The van der Waals surface area contributed by atoms with E-state index >= 15 is 0 Å². The normalized spacial score (nSPS) is 27.9. The highest BCUT2D eigenvalue weighted by molar-refractivity contribution is 8.14. The van der Waals surface area contributed by atoms with Gasteiger partial charge < -0.3 is 10.1 Å². The maximum absolute atomic E-state index is 5.34. The third kappa shape index (κ3) is 4.78. The summed E-state index contributed by atoms with van der Waals surface area (Å²) in [4.78, 5) is 7.09. The number of hydrogen-bond acceptors (Lipinski definition) is 4. The van der Waals surface area contributed by atoms with Crippen molar-refractivity contribution in [1.82, 2.24) is 10.2 Å². The molecule has 0 spiro atoms. The quantitative estimate of drug-likeness (QED) is 0.821. The number of thioether (sulfide) groups is 1. The average Bonchev–Trinajstić information content (AvgIpc) is 2.77. The third-order valence-corrected chi connectivity index (χ3v) is 4.37. The lowest BCUT2D eigenvalue weighted by molar-refractivity contribution is 0.0394. The second-order valence-corrected chi connectivity index (χ2v) is 6.43. The van der Waals surface area contributed by atoms with Gasteiger partial charge in [-0.15, -0.1) is 0 Å². The number of ether oxygens (including phenoxy) is 1. The molecule has 2 aliphatic rings. The zero-order valence-electron chi connectivity index (χ0n) is 11.5. The van der Waals surface area contributed by atoms with Crippen molar-refractivity contribution >= 4 is 16.9 Å². The highest BCUT2D eigenvalue weighted by Crippen LogP contribution is 2.18. The summed E-state index contributed by atoms with van der Waals surface area (Å²) in [6.45, 7) is 10.4. The molecule has 2 heterocycles. The standard InChI is InChI=1S/C13H25N3OS/c1-11(2)9-12-10-18-13(15-12)14-3-4-16-5-7-17-8-6-16/h11-12H,3-10H2,1-2H3,(H,14,15). The fourth-order valence-electron chi connectivity index (χ4n) is 2.34. The maximum atomic E-state index is 5.34. The van der Waals surface area contributed by atoms with Gasteiger partial charge in [-0.3, -0.25) is 9.89 Å². The average molecular weight is 271 g/mol. The molecule has 2 fully saturated rings. The van der Waals surface area contributed by atoms with Gasteiger partial charge in [-0.05, 0) is 12.3 Å². The van der Waals surface area contributed by atoms with Crippen LogP contribution in [0.3, 0.4) is 0 Å². The van der Waals surface area contributed by atoms with Crippen molar-refractivity contribution < 1.29 is 4.74 Å². The Bertz CT molecular complexity index is 277. The van der Waals surface area contributed by atoms with Crippen molar-refractivity contribution in [2.75, 3.05) is 45.1 Å². The van der Waals surface area contributed by atoms with E-state index in [-0.39, 0.29) is 0 Å². The first-order valence-corrected chi connectivity index (χ1v) is 7.96. The Labute approximate surface area is 115 Å². The number of rotatable bonds is 5. The van der Waals surface area contributed by atoms with E-state index in [4.69, 9.17) is 4.74 Å². The molecule has 18 heavy (non-hydrogen) atoms. The van der Waals surface area contributed by atoms with Gasteiger partial charge in [0.1, 0.15) is 0 Å². The molecule has 0 aromatic rings. The van der Waals surface area contributed by atoms with Crippen LogP contribution in [-0.2, 0) is 4.74 Å². The number of nitrogens with zero attached hydrogens (tertiary/aromatic N) is 2. The van der Waals surface area contributed by atoms with E-state index in [0.29, 0.717) is 6.04 Å². The number of morpholine rings is 1. The zero-order valence-corrected chi connectivity index (χ0v) is 12.3. The molecule has 1 atom stereocenters. The van der Waals surface area contributed by atoms with E-state index < -0.39 is 0 Å². The zero-order chi connectivity index (χ0) is 12.8. The van der Waals surface area contributed by atoms with E-state index in [2.05, 4.69) is 29.1 Å². The SMILES string of the molecule is CC(C)CC1CSC(=NCCN2CCOCC2)N1. The van der Waals surface area contributed by atoms with Crippen molar-refractivity contribution in [2.45, 2.75) is 26.3 Å². The molecule has 2 aliphatic heterocycles. The molecule has 0 aromatic heterocycles. The van der Waals surface area contributed by atoms with E-state index in [9.17, 15) is 0 Å². The van der Waals surface area contributed by atoms with Gasteiger partial charge in [0, 0.05) is 31.4 Å². The minimum atomic E-state index is 0.622. The van der Waals surface area contributed by atoms with Gasteiger partial charge >= 0.3 is 0 Å². The molecule has 0 aliphatic carbocycles. The second-order valence-electron chi connectivity index (χ2n) is 5.42. The van der Waals surface area contributed by atoms with E-state index in [0.717, 1.165) is 50.5 Å².